The van der Waals surface area contributed by atoms with Crippen LogP contribution in [-0.4, -0.2) is 19.1 Å². The van der Waals surface area contributed by atoms with Crippen molar-refractivity contribution in [2.24, 2.45) is 0 Å². The quantitative estimate of drug-likeness (QED) is 0.404. The molecular weight excluding hydrogens is 398 g/mol. The van der Waals surface area contributed by atoms with Gasteiger partial charge in [0, 0.05) is 29.6 Å². The van der Waals surface area contributed by atoms with Crippen LogP contribution in [0.3, 0.4) is 0 Å². The maximum Gasteiger partial charge on any atom is 0.144 e. The number of benzene rings is 3. The zero-order valence-electron chi connectivity index (χ0n) is 17.7. The fourth-order valence-corrected chi connectivity index (χ4v) is 4.89. The van der Waals surface area contributed by atoms with E-state index in [0.717, 1.165) is 69.7 Å². The van der Waals surface area contributed by atoms with Crippen LogP contribution in [0.1, 0.15) is 11.3 Å². The molecule has 0 spiro atoms. The third kappa shape index (κ3) is 2.59. The van der Waals surface area contributed by atoms with Gasteiger partial charge >= 0.3 is 0 Å². The van der Waals surface area contributed by atoms with Gasteiger partial charge in [-0.2, -0.15) is 0 Å². The van der Waals surface area contributed by atoms with Crippen molar-refractivity contribution in [1.29, 1.82) is 0 Å². The summed E-state index contributed by atoms with van der Waals surface area (Å²) in [5, 5.41) is 3.50. The van der Waals surface area contributed by atoms with Crippen molar-refractivity contribution in [2.45, 2.75) is 26.6 Å². The molecule has 0 atom stereocenters. The monoisotopic (exact) mass is 419 g/mol. The first kappa shape index (κ1) is 17.6. The molecule has 0 saturated carbocycles. The summed E-state index contributed by atoms with van der Waals surface area (Å²) in [6.45, 7) is 3.72. The number of nitrogens with zero attached hydrogens (tertiary/aromatic N) is 4. The Hall–Kier alpha value is -4.06. The van der Waals surface area contributed by atoms with Crippen molar-refractivity contribution in [3.05, 3.63) is 78.1 Å². The van der Waals surface area contributed by atoms with E-state index in [9.17, 15) is 0 Å². The number of ether oxygens (including phenoxy) is 1. The fourth-order valence-electron chi connectivity index (χ4n) is 4.89. The Labute approximate surface area is 185 Å². The number of para-hydroxylation sites is 2. The lowest BCUT2D eigenvalue weighted by atomic mass is 10.0. The third-order valence-corrected chi connectivity index (χ3v) is 6.39. The van der Waals surface area contributed by atoms with E-state index in [1.165, 1.54) is 5.56 Å². The van der Waals surface area contributed by atoms with Gasteiger partial charge in [-0.1, -0.05) is 18.2 Å². The summed E-state index contributed by atoms with van der Waals surface area (Å²) in [7, 11) is 0. The summed E-state index contributed by atoms with van der Waals surface area (Å²) in [6.07, 6.45) is 3.13. The van der Waals surface area contributed by atoms with E-state index in [1.807, 2.05) is 19.1 Å². The minimum Gasteiger partial charge on any atom is -0.457 e. The van der Waals surface area contributed by atoms with Gasteiger partial charge in [0.1, 0.15) is 23.1 Å². The molecule has 6 nitrogen and oxygen atoms in total. The van der Waals surface area contributed by atoms with Crippen LogP contribution in [0.5, 0.6) is 11.5 Å². The molecule has 3 aromatic carbocycles. The fraction of sp³-hybridized carbons (Fsp3) is 0.154. The SMILES string of the molecule is Cc1cn2c(n1)-c1cc(Oc3ccc4c(c3)-c3nc5ccccc5n3CN4)ccc1CC2. The zero-order valence-corrected chi connectivity index (χ0v) is 17.7. The van der Waals surface area contributed by atoms with Gasteiger partial charge in [0.15, 0.2) is 0 Å². The molecule has 4 heterocycles. The van der Waals surface area contributed by atoms with Crippen LogP contribution in [-0.2, 0) is 19.6 Å². The van der Waals surface area contributed by atoms with Gasteiger partial charge < -0.3 is 19.2 Å². The highest BCUT2D eigenvalue weighted by Gasteiger charge is 2.22. The number of nitrogens with one attached hydrogen (secondary N) is 1. The average Bonchev–Trinajstić information content (AvgIpc) is 3.39. The highest BCUT2D eigenvalue weighted by atomic mass is 16.5. The van der Waals surface area contributed by atoms with Crippen LogP contribution in [0.4, 0.5) is 5.69 Å². The molecule has 5 aromatic rings. The van der Waals surface area contributed by atoms with Crippen molar-refractivity contribution in [1.82, 2.24) is 19.1 Å². The number of imidazole rings is 2. The highest BCUT2D eigenvalue weighted by molar-refractivity contribution is 5.86. The van der Waals surface area contributed by atoms with Crippen molar-refractivity contribution < 1.29 is 4.74 Å². The topological polar surface area (TPSA) is 56.9 Å². The molecule has 0 amide bonds. The molecule has 0 aliphatic carbocycles. The van der Waals surface area contributed by atoms with Gasteiger partial charge in [-0.3, -0.25) is 0 Å². The lowest BCUT2D eigenvalue weighted by Crippen LogP contribution is -2.15. The number of fused-ring (bicyclic) bond motifs is 8. The number of aryl methyl sites for hydroxylation is 3. The Morgan fingerprint density at radius 2 is 1.75 bits per heavy atom. The Balaban J connectivity index is 1.27. The van der Waals surface area contributed by atoms with Crippen molar-refractivity contribution in [2.75, 3.05) is 5.32 Å². The molecular formula is C26H21N5O. The minimum absolute atomic E-state index is 0.708. The van der Waals surface area contributed by atoms with E-state index in [1.54, 1.807) is 0 Å². The molecule has 6 heteroatoms. The van der Waals surface area contributed by atoms with Gasteiger partial charge in [0.25, 0.3) is 0 Å². The lowest BCUT2D eigenvalue weighted by Gasteiger charge is -2.22. The number of anilines is 1. The molecule has 0 saturated heterocycles. The van der Waals surface area contributed by atoms with E-state index >= 15 is 0 Å². The van der Waals surface area contributed by atoms with Gasteiger partial charge in [-0.15, -0.1) is 0 Å². The van der Waals surface area contributed by atoms with Gasteiger partial charge in [-0.05, 0) is 61.4 Å². The van der Waals surface area contributed by atoms with Crippen LogP contribution < -0.4 is 10.1 Å². The van der Waals surface area contributed by atoms with E-state index in [4.69, 9.17) is 14.7 Å². The second kappa shape index (κ2) is 6.47. The molecule has 2 aliphatic rings. The van der Waals surface area contributed by atoms with E-state index in [-0.39, 0.29) is 0 Å². The largest absolute Gasteiger partial charge is 0.457 e. The molecule has 2 aromatic heterocycles. The van der Waals surface area contributed by atoms with E-state index < -0.39 is 0 Å². The lowest BCUT2D eigenvalue weighted by molar-refractivity contribution is 0.482. The number of hydrogen-bond donors (Lipinski definition) is 1. The summed E-state index contributed by atoms with van der Waals surface area (Å²) in [6, 6.07) is 20.7. The zero-order chi connectivity index (χ0) is 21.2. The first-order chi connectivity index (χ1) is 15.7. The average molecular weight is 419 g/mol. The van der Waals surface area contributed by atoms with Crippen molar-refractivity contribution in [3.8, 4) is 34.3 Å². The Morgan fingerprint density at radius 3 is 2.69 bits per heavy atom. The molecule has 0 fully saturated rings. The van der Waals surface area contributed by atoms with Crippen LogP contribution in [0.15, 0.2) is 66.9 Å². The molecule has 7 rings (SSSR count). The molecule has 156 valence electrons. The summed E-state index contributed by atoms with van der Waals surface area (Å²) >= 11 is 0. The summed E-state index contributed by atoms with van der Waals surface area (Å²) in [4.78, 5) is 9.62. The maximum atomic E-state index is 6.32. The molecule has 2 aliphatic heterocycles. The smallest absolute Gasteiger partial charge is 0.144 e. The van der Waals surface area contributed by atoms with Crippen molar-refractivity contribution in [3.63, 3.8) is 0 Å². The Morgan fingerprint density at radius 1 is 0.906 bits per heavy atom. The van der Waals surface area contributed by atoms with Crippen LogP contribution in [0.25, 0.3) is 33.8 Å². The second-order valence-electron chi connectivity index (χ2n) is 8.46. The first-order valence-electron chi connectivity index (χ1n) is 10.9. The molecule has 32 heavy (non-hydrogen) atoms. The number of rotatable bonds is 2. The molecule has 1 N–H and O–H groups in total. The molecule has 0 unspecified atom stereocenters. The highest BCUT2D eigenvalue weighted by Crippen LogP contribution is 2.39. The normalized spacial score (nSPS) is 13.7. The van der Waals surface area contributed by atoms with Crippen LogP contribution >= 0.6 is 0 Å². The van der Waals surface area contributed by atoms with Gasteiger partial charge in [-0.25, -0.2) is 9.97 Å². The Kier molecular flexibility index (Phi) is 3.56. The van der Waals surface area contributed by atoms with Crippen LogP contribution in [0.2, 0.25) is 0 Å². The standard InChI is InChI=1S/C26H21N5O/c1-16-14-30-11-10-17-6-7-18(12-20(17)25(30)28-16)32-19-8-9-22-21(13-19)26-29-23-4-2-3-5-24(23)31(26)15-27-22/h2-9,12-14,27H,10-11,15H2,1H3. The number of aromatic nitrogens is 4. The van der Waals surface area contributed by atoms with Crippen LogP contribution in [0, 0.1) is 6.92 Å². The summed E-state index contributed by atoms with van der Waals surface area (Å²) in [5.74, 6) is 3.60. The Bertz CT molecular complexity index is 1530. The van der Waals surface area contributed by atoms with E-state index in [2.05, 4.69) is 69.2 Å². The molecule has 0 radical (unpaired) electrons. The maximum absolute atomic E-state index is 6.32. The predicted molar refractivity (Wildman–Crippen MR) is 125 cm³/mol. The predicted octanol–water partition coefficient (Wildman–Crippen LogP) is 5.61. The second-order valence-corrected chi connectivity index (χ2v) is 8.46. The van der Waals surface area contributed by atoms with E-state index in [0.29, 0.717) is 6.67 Å². The van der Waals surface area contributed by atoms with Gasteiger partial charge in [0.2, 0.25) is 0 Å². The van der Waals surface area contributed by atoms with Gasteiger partial charge in [0.05, 0.1) is 23.4 Å². The molecule has 0 bridgehead atoms. The van der Waals surface area contributed by atoms with Crippen molar-refractivity contribution >= 4 is 16.7 Å². The summed E-state index contributed by atoms with van der Waals surface area (Å²) in [5.41, 5.74) is 7.78. The minimum atomic E-state index is 0.708. The first-order valence-corrected chi connectivity index (χ1v) is 10.9. The number of hydrogen-bond acceptors (Lipinski definition) is 4. The summed E-state index contributed by atoms with van der Waals surface area (Å²) < 4.78 is 10.8. The third-order valence-electron chi connectivity index (χ3n) is 6.39.